The first kappa shape index (κ1) is 12.1. The highest BCUT2D eigenvalue weighted by Gasteiger charge is 1.83. The van der Waals surface area contributed by atoms with Gasteiger partial charge in [0.05, 0.1) is 6.61 Å². The molecule has 0 fully saturated rings. The van der Waals surface area contributed by atoms with E-state index in [-0.39, 0.29) is 0 Å². The van der Waals surface area contributed by atoms with Crippen molar-refractivity contribution in [3.05, 3.63) is 28.5 Å². The van der Waals surface area contributed by atoms with Crippen LogP contribution in [0.4, 0.5) is 0 Å². The first-order valence-electron chi connectivity index (χ1n) is 3.83. The Balaban J connectivity index is 0.000000252. The molecule has 0 bridgehead atoms. The quantitative estimate of drug-likeness (QED) is 0.752. The Hall–Kier alpha value is -0.900. The zero-order valence-corrected chi connectivity index (χ0v) is 9.24. The SMILES string of the molecule is CCOC=O.Cc1cncc(Br)c1. The van der Waals surface area contributed by atoms with E-state index in [2.05, 4.69) is 25.7 Å². The highest BCUT2D eigenvalue weighted by atomic mass is 79.9. The fourth-order valence-corrected chi connectivity index (χ4v) is 1.07. The molecular weight excluding hydrogens is 234 g/mol. The highest BCUT2D eigenvalue weighted by molar-refractivity contribution is 9.10. The first-order valence-corrected chi connectivity index (χ1v) is 4.62. The maximum absolute atomic E-state index is 9.18. The van der Waals surface area contributed by atoms with Crippen LogP contribution < -0.4 is 0 Å². The number of carbonyl (C=O) groups excluding carboxylic acids is 1. The van der Waals surface area contributed by atoms with E-state index in [9.17, 15) is 4.79 Å². The van der Waals surface area contributed by atoms with Gasteiger partial charge in [0, 0.05) is 16.9 Å². The van der Waals surface area contributed by atoms with Crippen molar-refractivity contribution < 1.29 is 9.53 Å². The highest BCUT2D eigenvalue weighted by Crippen LogP contribution is 2.07. The van der Waals surface area contributed by atoms with Gasteiger partial charge in [-0.15, -0.1) is 0 Å². The molecule has 1 rings (SSSR count). The van der Waals surface area contributed by atoms with Crippen LogP contribution in [-0.2, 0) is 9.53 Å². The van der Waals surface area contributed by atoms with E-state index >= 15 is 0 Å². The van der Waals surface area contributed by atoms with Gasteiger partial charge < -0.3 is 4.74 Å². The van der Waals surface area contributed by atoms with Crippen LogP contribution in [0.3, 0.4) is 0 Å². The van der Waals surface area contributed by atoms with Gasteiger partial charge in [0.2, 0.25) is 0 Å². The van der Waals surface area contributed by atoms with Crippen LogP contribution in [0.1, 0.15) is 12.5 Å². The molecule has 0 amide bonds. The van der Waals surface area contributed by atoms with E-state index in [0.29, 0.717) is 13.1 Å². The predicted molar refractivity (Wildman–Crippen MR) is 54.4 cm³/mol. The lowest BCUT2D eigenvalue weighted by Crippen LogP contribution is -1.80. The summed E-state index contributed by atoms with van der Waals surface area (Å²) in [5, 5.41) is 0. The van der Waals surface area contributed by atoms with E-state index in [1.807, 2.05) is 19.2 Å². The number of pyridine rings is 1. The fourth-order valence-electron chi connectivity index (χ4n) is 0.586. The van der Waals surface area contributed by atoms with Crippen LogP contribution in [0.25, 0.3) is 0 Å². The van der Waals surface area contributed by atoms with Crippen LogP contribution in [0.2, 0.25) is 0 Å². The van der Waals surface area contributed by atoms with Crippen molar-refractivity contribution in [1.82, 2.24) is 4.98 Å². The van der Waals surface area contributed by atoms with Crippen LogP contribution in [0.5, 0.6) is 0 Å². The zero-order chi connectivity index (χ0) is 10.1. The summed E-state index contributed by atoms with van der Waals surface area (Å²) >= 11 is 3.30. The van der Waals surface area contributed by atoms with Crippen LogP contribution >= 0.6 is 15.9 Å². The summed E-state index contributed by atoms with van der Waals surface area (Å²) in [6.45, 7) is 4.68. The number of carbonyl (C=O) groups is 1. The molecule has 1 aromatic rings. The third kappa shape index (κ3) is 7.46. The Bertz CT molecular complexity index is 236. The summed E-state index contributed by atoms with van der Waals surface area (Å²) in [5.74, 6) is 0. The van der Waals surface area contributed by atoms with Gasteiger partial charge in [0.15, 0.2) is 0 Å². The molecule has 0 saturated carbocycles. The topological polar surface area (TPSA) is 39.2 Å². The van der Waals surface area contributed by atoms with E-state index in [1.165, 1.54) is 5.56 Å². The summed E-state index contributed by atoms with van der Waals surface area (Å²) in [6, 6.07) is 2.02. The van der Waals surface area contributed by atoms with Crippen LogP contribution in [0.15, 0.2) is 22.9 Å². The molecular formula is C9H12BrNO2. The maximum atomic E-state index is 9.18. The Labute approximate surface area is 86.3 Å². The number of rotatable bonds is 2. The maximum Gasteiger partial charge on any atom is 0.293 e. The number of ether oxygens (including phenoxy) is 1. The molecule has 1 heterocycles. The Morgan fingerprint density at radius 3 is 2.54 bits per heavy atom. The summed E-state index contributed by atoms with van der Waals surface area (Å²) in [7, 11) is 0. The van der Waals surface area contributed by atoms with Crippen molar-refractivity contribution in [1.29, 1.82) is 0 Å². The second-order valence-electron chi connectivity index (χ2n) is 2.23. The summed E-state index contributed by atoms with van der Waals surface area (Å²) in [6.07, 6.45) is 3.60. The fraction of sp³-hybridized carbons (Fsp3) is 0.333. The molecule has 0 radical (unpaired) electrons. The lowest BCUT2D eigenvalue weighted by molar-refractivity contribution is -0.128. The smallest absolute Gasteiger partial charge is 0.293 e. The standard InChI is InChI=1S/C6H6BrN.C3H6O2/c1-5-2-6(7)4-8-3-5;1-2-5-3-4/h2-4H,1H3;3H,2H2,1H3. The van der Waals surface area contributed by atoms with Crippen molar-refractivity contribution in [3.63, 3.8) is 0 Å². The van der Waals surface area contributed by atoms with Crippen molar-refractivity contribution in [2.45, 2.75) is 13.8 Å². The summed E-state index contributed by atoms with van der Waals surface area (Å²) < 4.78 is 5.19. The Morgan fingerprint density at radius 1 is 1.62 bits per heavy atom. The third-order valence-corrected chi connectivity index (χ3v) is 1.51. The average molecular weight is 246 g/mol. The molecule has 1 aromatic heterocycles. The molecule has 72 valence electrons. The Kier molecular flexibility index (Phi) is 7.20. The van der Waals surface area contributed by atoms with Crippen molar-refractivity contribution in [3.8, 4) is 0 Å². The molecule has 0 spiro atoms. The molecule has 0 aliphatic heterocycles. The summed E-state index contributed by atoms with van der Waals surface area (Å²) in [5.41, 5.74) is 1.18. The number of aryl methyl sites for hydroxylation is 1. The largest absolute Gasteiger partial charge is 0.468 e. The zero-order valence-electron chi connectivity index (χ0n) is 7.66. The molecule has 0 atom stereocenters. The van der Waals surface area contributed by atoms with Gasteiger partial charge >= 0.3 is 0 Å². The van der Waals surface area contributed by atoms with Crippen molar-refractivity contribution in [2.24, 2.45) is 0 Å². The number of nitrogens with zero attached hydrogens (tertiary/aromatic N) is 1. The van der Waals surface area contributed by atoms with Gasteiger partial charge in [-0.05, 0) is 41.4 Å². The average Bonchev–Trinajstić information content (AvgIpc) is 2.06. The van der Waals surface area contributed by atoms with Crippen molar-refractivity contribution >= 4 is 22.4 Å². The van der Waals surface area contributed by atoms with Gasteiger partial charge in [-0.1, -0.05) is 0 Å². The van der Waals surface area contributed by atoms with E-state index in [4.69, 9.17) is 0 Å². The third-order valence-electron chi connectivity index (χ3n) is 1.08. The number of aromatic nitrogens is 1. The molecule has 0 aliphatic carbocycles. The second-order valence-corrected chi connectivity index (χ2v) is 3.15. The van der Waals surface area contributed by atoms with Gasteiger partial charge in [-0.2, -0.15) is 0 Å². The lowest BCUT2D eigenvalue weighted by Gasteiger charge is -1.88. The van der Waals surface area contributed by atoms with Gasteiger partial charge in [0.1, 0.15) is 0 Å². The minimum atomic E-state index is 0.431. The second kappa shape index (κ2) is 7.73. The van der Waals surface area contributed by atoms with Crippen LogP contribution in [-0.4, -0.2) is 18.1 Å². The normalized spacial score (nSPS) is 8.23. The van der Waals surface area contributed by atoms with E-state index < -0.39 is 0 Å². The molecule has 3 nitrogen and oxygen atoms in total. The monoisotopic (exact) mass is 245 g/mol. The molecule has 0 aromatic carbocycles. The molecule has 4 heteroatoms. The molecule has 0 N–H and O–H groups in total. The van der Waals surface area contributed by atoms with Crippen LogP contribution in [0, 0.1) is 6.92 Å². The van der Waals surface area contributed by atoms with E-state index in [1.54, 1.807) is 13.1 Å². The molecule has 0 unspecified atom stereocenters. The van der Waals surface area contributed by atoms with Gasteiger partial charge in [-0.3, -0.25) is 9.78 Å². The van der Waals surface area contributed by atoms with E-state index in [0.717, 1.165) is 4.47 Å². The first-order chi connectivity index (χ1) is 6.20. The predicted octanol–water partition coefficient (Wildman–Crippen LogP) is 2.33. The van der Waals surface area contributed by atoms with Gasteiger partial charge in [0.25, 0.3) is 6.47 Å². The number of hydrogen-bond donors (Lipinski definition) is 0. The molecule has 0 saturated heterocycles. The minimum Gasteiger partial charge on any atom is -0.468 e. The number of halogens is 1. The van der Waals surface area contributed by atoms with Crippen molar-refractivity contribution in [2.75, 3.05) is 6.61 Å². The lowest BCUT2D eigenvalue weighted by atomic mass is 10.3. The molecule has 0 aliphatic rings. The van der Waals surface area contributed by atoms with Gasteiger partial charge in [-0.25, -0.2) is 0 Å². The Morgan fingerprint density at radius 2 is 2.31 bits per heavy atom. The minimum absolute atomic E-state index is 0.431. The number of hydrogen-bond acceptors (Lipinski definition) is 3. The molecule has 13 heavy (non-hydrogen) atoms. The summed E-state index contributed by atoms with van der Waals surface area (Å²) in [4.78, 5) is 13.1.